The number of carbonyl (C=O) groups excluding carboxylic acids is 2. The molecule has 0 radical (unpaired) electrons. The Bertz CT molecular complexity index is 1610. The maximum Gasteiger partial charge on any atom is 1.00 e. The van der Waals surface area contributed by atoms with Crippen molar-refractivity contribution in [1.82, 2.24) is 4.98 Å². The number of benzene rings is 3. The van der Waals surface area contributed by atoms with Crippen LogP contribution in [0.15, 0.2) is 102 Å². The molecule has 0 unspecified atom stereocenters. The summed E-state index contributed by atoms with van der Waals surface area (Å²) in [6, 6.07) is 27.4. The SMILES string of the molecule is C[C@@H](OC(=O)Nc1c(-c2ccc(-c3ccc(C4([C-]=O)CC4)cc3)cc2)oc2cnccc12)c1ccccc1.[Na+].[OH-]. The van der Waals surface area contributed by atoms with Gasteiger partial charge in [-0.3, -0.25) is 16.6 Å². The summed E-state index contributed by atoms with van der Waals surface area (Å²) >= 11 is 0. The molecule has 196 valence electrons. The van der Waals surface area contributed by atoms with Crippen molar-refractivity contribution in [3.05, 3.63) is 108 Å². The van der Waals surface area contributed by atoms with Crippen LogP contribution >= 0.6 is 0 Å². The molecule has 1 atom stereocenters. The van der Waals surface area contributed by atoms with Crippen LogP contribution in [0.2, 0.25) is 0 Å². The Morgan fingerprint density at radius 1 is 0.950 bits per heavy atom. The molecular formula is C32H26N2NaO5-. The van der Waals surface area contributed by atoms with Gasteiger partial charge >= 0.3 is 35.7 Å². The fourth-order valence-corrected chi connectivity index (χ4v) is 4.73. The molecule has 1 aliphatic rings. The normalized spacial score (nSPS) is 13.8. The van der Waals surface area contributed by atoms with Crippen LogP contribution in [0.1, 0.15) is 37.0 Å². The molecule has 0 saturated heterocycles. The number of carbonyl (C=O) groups is 1. The van der Waals surface area contributed by atoms with Crippen LogP contribution in [0.5, 0.6) is 0 Å². The van der Waals surface area contributed by atoms with Gasteiger partial charge in [0.05, 0.1) is 11.9 Å². The van der Waals surface area contributed by atoms with E-state index in [2.05, 4.69) is 16.6 Å². The monoisotopic (exact) mass is 541 g/mol. The molecule has 0 spiro atoms. The molecule has 0 bridgehead atoms. The number of ether oxygens (including phenoxy) is 1. The van der Waals surface area contributed by atoms with Crippen molar-refractivity contribution < 1.29 is 53.8 Å². The van der Waals surface area contributed by atoms with Crippen molar-refractivity contribution in [2.75, 3.05) is 5.32 Å². The number of nitrogens with one attached hydrogen (secondary N) is 1. The van der Waals surface area contributed by atoms with E-state index in [-0.39, 0.29) is 35.0 Å². The fourth-order valence-electron chi connectivity index (χ4n) is 4.73. The summed E-state index contributed by atoms with van der Waals surface area (Å²) < 4.78 is 11.8. The fraction of sp³-hybridized carbons (Fsp3) is 0.156. The van der Waals surface area contributed by atoms with Crippen LogP contribution in [0.25, 0.3) is 33.4 Å². The van der Waals surface area contributed by atoms with Gasteiger partial charge in [0.2, 0.25) is 0 Å². The molecule has 5 aromatic rings. The second-order valence-corrected chi connectivity index (χ2v) is 9.60. The molecule has 0 aliphatic heterocycles. The first-order valence-corrected chi connectivity index (χ1v) is 12.6. The first-order chi connectivity index (χ1) is 18.6. The maximum absolute atomic E-state index is 12.9. The van der Waals surface area contributed by atoms with E-state index < -0.39 is 17.6 Å². The minimum atomic E-state index is -0.570. The van der Waals surface area contributed by atoms with Crippen LogP contribution in [-0.2, 0) is 14.9 Å². The summed E-state index contributed by atoms with van der Waals surface area (Å²) in [4.78, 5) is 28.3. The number of rotatable bonds is 7. The molecule has 40 heavy (non-hydrogen) atoms. The second kappa shape index (κ2) is 12.2. The zero-order valence-corrected chi connectivity index (χ0v) is 24.3. The van der Waals surface area contributed by atoms with Crippen molar-refractivity contribution in [2.24, 2.45) is 0 Å². The quantitative estimate of drug-likeness (QED) is 0.241. The zero-order valence-electron chi connectivity index (χ0n) is 22.3. The van der Waals surface area contributed by atoms with Gasteiger partial charge in [-0.2, -0.15) is 0 Å². The molecule has 1 saturated carbocycles. The van der Waals surface area contributed by atoms with E-state index in [1.807, 2.05) is 85.8 Å². The summed E-state index contributed by atoms with van der Waals surface area (Å²) in [6.07, 6.45) is 6.24. The Balaban J connectivity index is 0.00000185. The third-order valence-corrected chi connectivity index (χ3v) is 7.14. The van der Waals surface area contributed by atoms with Crippen LogP contribution in [0, 0.1) is 0 Å². The van der Waals surface area contributed by atoms with Crippen molar-refractivity contribution >= 4 is 29.0 Å². The predicted molar refractivity (Wildman–Crippen MR) is 148 cm³/mol. The van der Waals surface area contributed by atoms with Crippen LogP contribution < -0.4 is 34.9 Å². The minimum Gasteiger partial charge on any atom is -0.870 e. The largest absolute Gasteiger partial charge is 1.00 e. The summed E-state index contributed by atoms with van der Waals surface area (Å²) in [5, 5.41) is 3.63. The molecule has 1 fully saturated rings. The third-order valence-electron chi connectivity index (χ3n) is 7.14. The summed E-state index contributed by atoms with van der Waals surface area (Å²) in [5.41, 5.74) is 5.51. The average molecular weight is 542 g/mol. The Labute approximate surface area is 254 Å². The first-order valence-electron chi connectivity index (χ1n) is 12.6. The standard InChI is InChI=1S/C32H25N2O4.Na.H2O/c1-21(22-5-3-2-4-6-22)37-31(36)34-29-27-15-18-33-19-28(27)38-30(29)25-9-7-23(8-10-25)24-11-13-26(14-12-24)32(20-35)16-17-32;;/h2-15,18-19,21H,16-17H2,1H3,(H,34,36);;1H2/q-1;+1;/p-1/t21-;;/m1../s1. The van der Waals surface area contributed by atoms with Crippen LogP contribution in [0.4, 0.5) is 10.5 Å². The van der Waals surface area contributed by atoms with Crippen molar-refractivity contribution in [1.29, 1.82) is 0 Å². The topological polar surface area (TPSA) is 111 Å². The summed E-state index contributed by atoms with van der Waals surface area (Å²) in [7, 11) is 0. The van der Waals surface area contributed by atoms with Gasteiger partial charge < -0.3 is 19.4 Å². The molecule has 1 aliphatic carbocycles. The van der Waals surface area contributed by atoms with Gasteiger partial charge in [-0.1, -0.05) is 97.3 Å². The molecule has 8 heteroatoms. The van der Waals surface area contributed by atoms with Crippen LogP contribution in [-0.4, -0.2) is 22.8 Å². The van der Waals surface area contributed by atoms with E-state index in [0.717, 1.165) is 46.0 Å². The number of hydrogen-bond acceptors (Lipinski definition) is 6. The number of amides is 1. The number of aromatic nitrogens is 1. The van der Waals surface area contributed by atoms with Gasteiger partial charge in [0, 0.05) is 17.1 Å². The van der Waals surface area contributed by atoms with Crippen molar-refractivity contribution in [3.63, 3.8) is 0 Å². The molecular weight excluding hydrogens is 515 g/mol. The predicted octanol–water partition coefficient (Wildman–Crippen LogP) is 4.44. The number of pyridine rings is 1. The number of fused-ring (bicyclic) bond motifs is 1. The van der Waals surface area contributed by atoms with E-state index in [9.17, 15) is 9.59 Å². The van der Waals surface area contributed by atoms with E-state index in [4.69, 9.17) is 9.15 Å². The van der Waals surface area contributed by atoms with Crippen molar-refractivity contribution in [2.45, 2.75) is 31.3 Å². The van der Waals surface area contributed by atoms with Gasteiger partial charge in [0.25, 0.3) is 0 Å². The maximum atomic E-state index is 12.9. The molecule has 2 N–H and O–H groups in total. The van der Waals surface area contributed by atoms with Gasteiger partial charge in [-0.25, -0.2) is 4.79 Å². The smallest absolute Gasteiger partial charge is 0.870 e. The summed E-state index contributed by atoms with van der Waals surface area (Å²) in [6.45, 7) is 1.83. The van der Waals surface area contributed by atoms with E-state index >= 15 is 0 Å². The summed E-state index contributed by atoms with van der Waals surface area (Å²) in [5.74, 6) is 0.524. The number of hydrogen-bond donors (Lipinski definition) is 1. The third kappa shape index (κ3) is 5.74. The number of nitrogens with zero attached hydrogens (tertiary/aromatic N) is 1. The average Bonchev–Trinajstić information content (AvgIpc) is 3.69. The second-order valence-electron chi connectivity index (χ2n) is 9.60. The van der Waals surface area contributed by atoms with Crippen molar-refractivity contribution in [3.8, 4) is 22.5 Å². The minimum absolute atomic E-state index is 0. The van der Waals surface area contributed by atoms with Crippen LogP contribution in [0.3, 0.4) is 0 Å². The Morgan fingerprint density at radius 2 is 1.57 bits per heavy atom. The molecule has 2 heterocycles. The van der Waals surface area contributed by atoms with Gasteiger partial charge in [-0.15, -0.1) is 5.41 Å². The van der Waals surface area contributed by atoms with Gasteiger partial charge in [-0.05, 0) is 29.7 Å². The zero-order chi connectivity index (χ0) is 26.1. The van der Waals surface area contributed by atoms with E-state index in [1.165, 1.54) is 0 Å². The Morgan fingerprint density at radius 3 is 2.20 bits per heavy atom. The Kier molecular flexibility index (Phi) is 8.91. The number of furan rings is 1. The number of anilines is 1. The van der Waals surface area contributed by atoms with Gasteiger partial charge in [0.1, 0.15) is 6.10 Å². The molecule has 7 nitrogen and oxygen atoms in total. The molecule has 3 aromatic carbocycles. The Hall–Kier alpha value is -3.75. The molecule has 6 rings (SSSR count). The van der Waals surface area contributed by atoms with E-state index in [1.54, 1.807) is 18.5 Å². The molecule has 1 amide bonds. The van der Waals surface area contributed by atoms with E-state index in [0.29, 0.717) is 17.0 Å². The molecule has 2 aromatic heterocycles. The van der Waals surface area contributed by atoms with Gasteiger partial charge in [0.15, 0.2) is 11.3 Å². The first kappa shape index (κ1) is 29.2.